The summed E-state index contributed by atoms with van der Waals surface area (Å²) in [6.45, 7) is 0. The lowest BCUT2D eigenvalue weighted by molar-refractivity contribution is 0.0741. The predicted octanol–water partition coefficient (Wildman–Crippen LogP) is -0.264. The molecule has 0 aliphatic carbocycles. The molecule has 1 unspecified atom stereocenters. The second kappa shape index (κ2) is 4.40. The lowest BCUT2D eigenvalue weighted by atomic mass is 10.2. The van der Waals surface area contributed by atoms with Crippen LogP contribution >= 0.6 is 0 Å². The topological polar surface area (TPSA) is 80.2 Å². The third-order valence-corrected chi connectivity index (χ3v) is 4.63. The molecule has 0 aromatic carbocycles. The van der Waals surface area contributed by atoms with Gasteiger partial charge in [-0.2, -0.15) is 0 Å². The molecule has 1 aliphatic rings. The molecule has 1 aromatic rings. The molecule has 0 spiro atoms. The number of sulfone groups is 1. The Labute approximate surface area is 99.6 Å². The summed E-state index contributed by atoms with van der Waals surface area (Å²) < 4.78 is 22.7. The molecular weight excluding hydrogens is 242 g/mol. The molecule has 2 rings (SSSR count). The normalized spacial score (nSPS) is 22.3. The van der Waals surface area contributed by atoms with E-state index in [-0.39, 0.29) is 29.1 Å². The Balaban J connectivity index is 2.11. The van der Waals surface area contributed by atoms with E-state index in [2.05, 4.69) is 9.97 Å². The van der Waals surface area contributed by atoms with Gasteiger partial charge in [0.15, 0.2) is 9.84 Å². The highest BCUT2D eigenvalue weighted by Gasteiger charge is 2.33. The quantitative estimate of drug-likeness (QED) is 0.727. The Morgan fingerprint density at radius 1 is 1.53 bits per heavy atom. The molecule has 0 N–H and O–H groups in total. The van der Waals surface area contributed by atoms with Gasteiger partial charge < -0.3 is 4.90 Å². The fraction of sp³-hybridized carbons (Fsp3) is 0.500. The van der Waals surface area contributed by atoms with Crippen LogP contribution in [0, 0.1) is 0 Å². The van der Waals surface area contributed by atoms with E-state index in [1.165, 1.54) is 23.5 Å². The first-order valence-electron chi connectivity index (χ1n) is 5.23. The zero-order chi connectivity index (χ0) is 12.5. The molecule has 1 amide bonds. The molecule has 1 fully saturated rings. The molecule has 92 valence electrons. The van der Waals surface area contributed by atoms with Gasteiger partial charge in [-0.3, -0.25) is 4.79 Å². The minimum Gasteiger partial charge on any atom is -0.336 e. The Bertz CT molecular complexity index is 515. The lowest BCUT2D eigenvalue weighted by Gasteiger charge is -2.22. The summed E-state index contributed by atoms with van der Waals surface area (Å²) >= 11 is 0. The van der Waals surface area contributed by atoms with E-state index in [9.17, 15) is 13.2 Å². The molecule has 1 atom stereocenters. The molecule has 0 bridgehead atoms. The highest BCUT2D eigenvalue weighted by molar-refractivity contribution is 7.91. The number of carbonyl (C=O) groups is 1. The van der Waals surface area contributed by atoms with Crippen LogP contribution in [0.2, 0.25) is 0 Å². The number of nitrogens with zero attached hydrogens (tertiary/aromatic N) is 3. The summed E-state index contributed by atoms with van der Waals surface area (Å²) in [5, 5.41) is 0. The van der Waals surface area contributed by atoms with Gasteiger partial charge in [-0.15, -0.1) is 0 Å². The van der Waals surface area contributed by atoms with Crippen molar-refractivity contribution in [3.63, 3.8) is 0 Å². The molecule has 1 aliphatic heterocycles. The van der Waals surface area contributed by atoms with Gasteiger partial charge >= 0.3 is 0 Å². The van der Waals surface area contributed by atoms with Crippen LogP contribution in [0.15, 0.2) is 18.6 Å². The van der Waals surface area contributed by atoms with Gasteiger partial charge in [0, 0.05) is 19.3 Å². The zero-order valence-electron chi connectivity index (χ0n) is 9.41. The summed E-state index contributed by atoms with van der Waals surface area (Å²) in [6, 6.07) is 1.27. The number of rotatable bonds is 2. The van der Waals surface area contributed by atoms with Gasteiger partial charge in [0.2, 0.25) is 0 Å². The van der Waals surface area contributed by atoms with Gasteiger partial charge in [0.25, 0.3) is 5.91 Å². The van der Waals surface area contributed by atoms with Crippen LogP contribution in [-0.2, 0) is 9.84 Å². The van der Waals surface area contributed by atoms with E-state index < -0.39 is 9.84 Å². The molecule has 7 heteroatoms. The standard InChI is InChI=1S/C10H13N3O3S/c1-13(8-3-5-17(15,16)6-8)10(14)9-2-4-11-7-12-9/h2,4,7-8H,3,5-6H2,1H3. The fourth-order valence-corrected chi connectivity index (χ4v) is 3.62. The first-order valence-corrected chi connectivity index (χ1v) is 7.05. The van der Waals surface area contributed by atoms with Crippen LogP contribution in [0.25, 0.3) is 0 Å². The van der Waals surface area contributed by atoms with Gasteiger partial charge in [0.05, 0.1) is 11.5 Å². The second-order valence-corrected chi connectivity index (χ2v) is 6.30. The summed E-state index contributed by atoms with van der Waals surface area (Å²) in [7, 11) is -1.38. The number of aromatic nitrogens is 2. The Kier molecular flexibility index (Phi) is 3.10. The lowest BCUT2D eigenvalue weighted by Crippen LogP contribution is -2.38. The number of amides is 1. The number of carbonyl (C=O) groups excluding carboxylic acids is 1. The highest BCUT2D eigenvalue weighted by Crippen LogP contribution is 2.17. The molecule has 2 heterocycles. The predicted molar refractivity (Wildman–Crippen MR) is 61.2 cm³/mol. The van der Waals surface area contributed by atoms with Crippen LogP contribution in [-0.4, -0.2) is 53.8 Å². The van der Waals surface area contributed by atoms with Crippen LogP contribution in [0.3, 0.4) is 0 Å². The summed E-state index contributed by atoms with van der Waals surface area (Å²) in [6.07, 6.45) is 3.28. The van der Waals surface area contributed by atoms with Crippen molar-refractivity contribution in [2.24, 2.45) is 0 Å². The molecule has 6 nitrogen and oxygen atoms in total. The van der Waals surface area contributed by atoms with Crippen LogP contribution in [0.1, 0.15) is 16.9 Å². The minimum absolute atomic E-state index is 0.0420. The van der Waals surface area contributed by atoms with Gasteiger partial charge in [0.1, 0.15) is 12.0 Å². The van der Waals surface area contributed by atoms with Crippen molar-refractivity contribution < 1.29 is 13.2 Å². The molecule has 17 heavy (non-hydrogen) atoms. The van der Waals surface area contributed by atoms with Crippen molar-refractivity contribution in [2.75, 3.05) is 18.6 Å². The maximum Gasteiger partial charge on any atom is 0.272 e. The van der Waals surface area contributed by atoms with Crippen molar-refractivity contribution in [3.8, 4) is 0 Å². The van der Waals surface area contributed by atoms with Crippen molar-refractivity contribution in [1.82, 2.24) is 14.9 Å². The zero-order valence-corrected chi connectivity index (χ0v) is 10.2. The Morgan fingerprint density at radius 3 is 2.82 bits per heavy atom. The second-order valence-electron chi connectivity index (χ2n) is 4.07. The van der Waals surface area contributed by atoms with Crippen LogP contribution in [0.5, 0.6) is 0 Å². The van der Waals surface area contributed by atoms with Crippen molar-refractivity contribution in [1.29, 1.82) is 0 Å². The van der Waals surface area contributed by atoms with E-state index in [0.717, 1.165) is 0 Å². The highest BCUT2D eigenvalue weighted by atomic mass is 32.2. The largest absolute Gasteiger partial charge is 0.336 e. The summed E-state index contributed by atoms with van der Waals surface area (Å²) in [5.41, 5.74) is 0.284. The van der Waals surface area contributed by atoms with E-state index in [4.69, 9.17) is 0 Å². The molecular formula is C10H13N3O3S. The van der Waals surface area contributed by atoms with Gasteiger partial charge in [-0.05, 0) is 12.5 Å². The third kappa shape index (κ3) is 2.60. The first-order chi connectivity index (χ1) is 7.99. The van der Waals surface area contributed by atoms with E-state index in [1.54, 1.807) is 7.05 Å². The van der Waals surface area contributed by atoms with E-state index >= 15 is 0 Å². The average molecular weight is 255 g/mol. The summed E-state index contributed by atoms with van der Waals surface area (Å²) in [5.74, 6) is -0.0751. The molecule has 0 radical (unpaired) electrons. The Hall–Kier alpha value is -1.50. The molecule has 1 saturated heterocycles. The maximum absolute atomic E-state index is 12.0. The number of hydrogen-bond donors (Lipinski definition) is 0. The molecule has 0 saturated carbocycles. The van der Waals surface area contributed by atoms with Crippen LogP contribution in [0.4, 0.5) is 0 Å². The summed E-state index contributed by atoms with van der Waals surface area (Å²) in [4.78, 5) is 21.0. The number of hydrogen-bond acceptors (Lipinski definition) is 5. The third-order valence-electron chi connectivity index (χ3n) is 2.88. The van der Waals surface area contributed by atoms with Crippen molar-refractivity contribution in [2.45, 2.75) is 12.5 Å². The Morgan fingerprint density at radius 2 is 2.29 bits per heavy atom. The molecule has 1 aromatic heterocycles. The average Bonchev–Trinajstić information content (AvgIpc) is 2.69. The first kappa shape index (κ1) is 12.0. The van der Waals surface area contributed by atoms with Crippen molar-refractivity contribution >= 4 is 15.7 Å². The maximum atomic E-state index is 12.0. The monoisotopic (exact) mass is 255 g/mol. The van der Waals surface area contributed by atoms with Crippen LogP contribution < -0.4 is 0 Å². The minimum atomic E-state index is -2.98. The smallest absolute Gasteiger partial charge is 0.272 e. The van der Waals surface area contributed by atoms with Crippen molar-refractivity contribution in [3.05, 3.63) is 24.3 Å². The van der Waals surface area contributed by atoms with E-state index in [1.807, 2.05) is 0 Å². The SMILES string of the molecule is CN(C(=O)c1ccncn1)C1CCS(=O)(=O)C1. The van der Waals surface area contributed by atoms with E-state index in [0.29, 0.717) is 6.42 Å². The van der Waals surface area contributed by atoms with Gasteiger partial charge in [-0.25, -0.2) is 18.4 Å². The van der Waals surface area contributed by atoms with Gasteiger partial charge in [-0.1, -0.05) is 0 Å². The fourth-order valence-electron chi connectivity index (χ4n) is 1.84.